The molecule has 0 saturated carbocycles. The van der Waals surface area contributed by atoms with Gasteiger partial charge in [0.15, 0.2) is 5.78 Å². The number of hydrogen-bond acceptors (Lipinski definition) is 4. The largest absolute Gasteiger partial charge is 1.00 e. The molecular weight excluding hydrogens is 280 g/mol. The van der Waals surface area contributed by atoms with Crippen LogP contribution in [0.3, 0.4) is 0 Å². The van der Waals surface area contributed by atoms with E-state index in [1.165, 1.54) is 20.0 Å². The average molecular weight is 295 g/mol. The van der Waals surface area contributed by atoms with Gasteiger partial charge in [-0.25, -0.2) is 4.79 Å². The number of carboxylic acids is 2. The Bertz CT molecular complexity index is 326. The van der Waals surface area contributed by atoms with Crippen molar-refractivity contribution in [1.82, 2.24) is 5.32 Å². The maximum Gasteiger partial charge on any atom is 1.00 e. The Kier molecular flexibility index (Phi) is 17.2. The van der Waals surface area contributed by atoms with E-state index in [0.717, 1.165) is 0 Å². The Balaban J connectivity index is -0.000000163. The van der Waals surface area contributed by atoms with E-state index in [0.29, 0.717) is 5.57 Å². The fraction of sp³-hybridized carbons (Fsp3) is 0.444. The maximum atomic E-state index is 10.8. The summed E-state index contributed by atoms with van der Waals surface area (Å²) in [6, 6.07) is -1.23. The molecule has 0 heterocycles. The minimum atomic E-state index is -1.27. The van der Waals surface area contributed by atoms with Crippen molar-refractivity contribution in [1.29, 1.82) is 0 Å². The van der Waals surface area contributed by atoms with Gasteiger partial charge in [0, 0.05) is 11.8 Å². The molecule has 0 aromatic rings. The van der Waals surface area contributed by atoms with Crippen LogP contribution in [0.25, 0.3) is 0 Å². The molecule has 0 amide bonds. The fourth-order valence-electron chi connectivity index (χ4n) is 0.719. The van der Waals surface area contributed by atoms with Crippen LogP contribution >= 0.6 is 0 Å². The van der Waals surface area contributed by atoms with E-state index in [1.54, 1.807) is 0 Å². The molecule has 3 N–H and O–H groups in total. The molecule has 0 fully saturated rings. The van der Waals surface area contributed by atoms with Gasteiger partial charge >= 0.3 is 115 Å². The third-order valence-corrected chi connectivity index (χ3v) is 1.73. The SMILES string of the molecule is CC(=O)/C(C)=C/N[C@@H](CC(=O)O)C(=O)O.[H-].[H-].[K+].[K+]. The van der Waals surface area contributed by atoms with Gasteiger partial charge in [-0.15, -0.1) is 0 Å². The van der Waals surface area contributed by atoms with Crippen LogP contribution in [0.1, 0.15) is 23.1 Å². The quantitative estimate of drug-likeness (QED) is 0.333. The third-order valence-electron chi connectivity index (χ3n) is 1.73. The van der Waals surface area contributed by atoms with Crippen molar-refractivity contribution >= 4 is 17.7 Å². The summed E-state index contributed by atoms with van der Waals surface area (Å²) in [7, 11) is 0. The molecule has 0 rings (SSSR count). The van der Waals surface area contributed by atoms with E-state index in [-0.39, 0.29) is 111 Å². The number of rotatable bonds is 6. The Morgan fingerprint density at radius 2 is 1.71 bits per heavy atom. The van der Waals surface area contributed by atoms with Gasteiger partial charge in [0.1, 0.15) is 6.04 Å². The molecule has 0 spiro atoms. The van der Waals surface area contributed by atoms with Crippen molar-refractivity contribution in [2.24, 2.45) is 0 Å². The van der Waals surface area contributed by atoms with Crippen molar-refractivity contribution in [2.45, 2.75) is 26.3 Å². The van der Waals surface area contributed by atoms with E-state index < -0.39 is 24.4 Å². The molecule has 0 aromatic carbocycles. The van der Waals surface area contributed by atoms with E-state index in [4.69, 9.17) is 10.2 Å². The van der Waals surface area contributed by atoms with Crippen molar-refractivity contribution in [3.05, 3.63) is 11.8 Å². The monoisotopic (exact) mass is 295 g/mol. The van der Waals surface area contributed by atoms with Crippen LogP contribution in [0, 0.1) is 0 Å². The summed E-state index contributed by atoms with van der Waals surface area (Å²) in [6.45, 7) is 2.84. The first-order valence-electron chi connectivity index (χ1n) is 4.23. The van der Waals surface area contributed by atoms with Gasteiger partial charge in [0.05, 0.1) is 6.42 Å². The van der Waals surface area contributed by atoms with Gasteiger partial charge in [-0.3, -0.25) is 9.59 Å². The zero-order valence-corrected chi connectivity index (χ0v) is 16.7. The molecule has 0 aliphatic rings. The molecule has 0 aliphatic carbocycles. The van der Waals surface area contributed by atoms with E-state index in [1.807, 2.05) is 0 Å². The summed E-state index contributed by atoms with van der Waals surface area (Å²) in [6.07, 6.45) is 0.668. The number of nitrogens with one attached hydrogen (secondary N) is 1. The first-order valence-corrected chi connectivity index (χ1v) is 4.23. The van der Waals surface area contributed by atoms with Crippen LogP contribution in [0.4, 0.5) is 0 Å². The zero-order valence-electron chi connectivity index (χ0n) is 12.5. The molecule has 0 saturated heterocycles. The second-order valence-corrected chi connectivity index (χ2v) is 3.04. The van der Waals surface area contributed by atoms with Gasteiger partial charge in [0.25, 0.3) is 0 Å². The molecule has 17 heavy (non-hydrogen) atoms. The van der Waals surface area contributed by atoms with Crippen LogP contribution in [0.15, 0.2) is 11.8 Å². The average Bonchev–Trinajstić information content (AvgIpc) is 2.10. The Morgan fingerprint density at radius 1 is 1.24 bits per heavy atom. The number of ketones is 1. The molecule has 1 atom stereocenters. The number of allylic oxidation sites excluding steroid dienone is 1. The van der Waals surface area contributed by atoms with Gasteiger partial charge in [-0.1, -0.05) is 0 Å². The molecule has 0 bridgehead atoms. The minimum absolute atomic E-state index is 0. The maximum absolute atomic E-state index is 10.8. The van der Waals surface area contributed by atoms with E-state index >= 15 is 0 Å². The molecule has 8 heteroatoms. The number of carbonyl (C=O) groups is 3. The number of carbonyl (C=O) groups excluding carboxylic acids is 1. The Hall–Kier alpha value is 1.42. The van der Waals surface area contributed by atoms with Gasteiger partial charge in [-0.2, -0.15) is 0 Å². The molecule has 0 radical (unpaired) electrons. The summed E-state index contributed by atoms with van der Waals surface area (Å²) in [5.74, 6) is -2.70. The van der Waals surface area contributed by atoms with Gasteiger partial charge in [-0.05, 0) is 13.8 Å². The van der Waals surface area contributed by atoms with Crippen molar-refractivity contribution in [3.63, 3.8) is 0 Å². The first-order chi connectivity index (χ1) is 6.84. The second kappa shape index (κ2) is 12.5. The molecule has 88 valence electrons. The van der Waals surface area contributed by atoms with Crippen LogP contribution in [0.2, 0.25) is 0 Å². The van der Waals surface area contributed by atoms with Crippen molar-refractivity contribution in [2.75, 3.05) is 0 Å². The summed E-state index contributed by atoms with van der Waals surface area (Å²) < 4.78 is 0. The summed E-state index contributed by atoms with van der Waals surface area (Å²) >= 11 is 0. The zero-order chi connectivity index (χ0) is 12.0. The van der Waals surface area contributed by atoms with Crippen LogP contribution in [0.5, 0.6) is 0 Å². The molecule has 0 aliphatic heterocycles. The van der Waals surface area contributed by atoms with Crippen LogP contribution < -0.4 is 108 Å². The van der Waals surface area contributed by atoms with Gasteiger partial charge in [0.2, 0.25) is 0 Å². The minimum Gasteiger partial charge on any atom is -1.00 e. The summed E-state index contributed by atoms with van der Waals surface area (Å²) in [5.41, 5.74) is 0.339. The second-order valence-electron chi connectivity index (χ2n) is 3.04. The van der Waals surface area contributed by atoms with Crippen molar-refractivity contribution in [3.8, 4) is 0 Å². The van der Waals surface area contributed by atoms with Gasteiger partial charge < -0.3 is 18.4 Å². The van der Waals surface area contributed by atoms with Crippen molar-refractivity contribution < 1.29 is 130 Å². The predicted octanol–water partition coefficient (Wildman–Crippen LogP) is -5.77. The first kappa shape index (κ1) is 23.5. The normalized spacial score (nSPS) is 11.5. The Morgan fingerprint density at radius 3 is 2.00 bits per heavy atom. The Labute approximate surface area is 187 Å². The predicted molar refractivity (Wildman–Crippen MR) is 53.5 cm³/mol. The third kappa shape index (κ3) is 12.2. The fourth-order valence-corrected chi connectivity index (χ4v) is 0.719. The standard InChI is InChI=1S/C9H13NO5.2K.2H/c1-5(6(2)11)4-10-7(9(14)15)3-8(12)13;;;;/h4,7,10H,3H2,1-2H3,(H,12,13)(H,14,15);;;;/q;2*+1;2*-1/b5-4+;;;;/t7-;;;;/m0..../s1. The summed E-state index contributed by atoms with van der Waals surface area (Å²) in [5, 5.41) is 19.4. The van der Waals surface area contributed by atoms with Crippen LogP contribution in [-0.4, -0.2) is 34.0 Å². The topological polar surface area (TPSA) is 104 Å². The number of carboxylic acid groups (broad SMARTS) is 2. The van der Waals surface area contributed by atoms with E-state index in [9.17, 15) is 14.4 Å². The van der Waals surface area contributed by atoms with E-state index in [2.05, 4.69) is 5.32 Å². The molecule has 0 aromatic heterocycles. The number of aliphatic carboxylic acids is 2. The molecular formula is C9H15K2NO5. The molecule has 0 unspecified atom stereocenters. The number of hydrogen-bond donors (Lipinski definition) is 3. The number of Topliss-reactive ketones (excluding diaryl/α,β-unsaturated/α-hetero) is 1. The summed E-state index contributed by atoms with van der Waals surface area (Å²) in [4.78, 5) is 31.7. The molecule has 6 nitrogen and oxygen atoms in total. The van der Waals surface area contributed by atoms with Crippen LogP contribution in [-0.2, 0) is 14.4 Å². The smallest absolute Gasteiger partial charge is 1.00 e.